The van der Waals surface area contributed by atoms with Crippen LogP contribution in [0.3, 0.4) is 0 Å². The molecule has 7 aromatic rings. The van der Waals surface area contributed by atoms with Crippen LogP contribution in [0, 0.1) is 11.8 Å². The van der Waals surface area contributed by atoms with Crippen molar-refractivity contribution in [1.29, 1.82) is 0 Å². The van der Waals surface area contributed by atoms with Crippen LogP contribution < -0.4 is 28.4 Å². The van der Waals surface area contributed by atoms with Gasteiger partial charge in [-0.2, -0.15) is 0 Å². The Labute approximate surface area is 447 Å². The second-order valence-corrected chi connectivity index (χ2v) is 18.5. The maximum atomic E-state index is 13.0. The summed E-state index contributed by atoms with van der Waals surface area (Å²) in [6.45, 7) is 5.73. The highest BCUT2D eigenvalue weighted by atomic mass is 16.5. The van der Waals surface area contributed by atoms with Gasteiger partial charge in [0.2, 0.25) is 0 Å². The Balaban J connectivity index is 0.816. The number of rotatable bonds is 27. The fourth-order valence-corrected chi connectivity index (χ4v) is 8.10. The number of ether oxygens (including phenoxy) is 6. The van der Waals surface area contributed by atoms with E-state index in [1.54, 1.807) is 133 Å². The van der Waals surface area contributed by atoms with Crippen LogP contribution in [0.5, 0.6) is 34.5 Å². The van der Waals surface area contributed by atoms with Crippen LogP contribution in [0.4, 0.5) is 0 Å². The highest BCUT2D eigenvalue weighted by Crippen LogP contribution is 2.26. The lowest BCUT2D eigenvalue weighted by Crippen LogP contribution is -2.10. The maximum absolute atomic E-state index is 13.0. The Morgan fingerprint density at radius 1 is 0.316 bits per heavy atom. The number of unbranched alkanes of at least 4 members (excludes halogenated alkanes) is 12. The minimum Gasteiger partial charge on any atom is -0.494 e. The lowest BCUT2D eigenvalue weighted by molar-refractivity contribution is 0.0720. The number of benzene rings is 7. The zero-order chi connectivity index (χ0) is 53.2. The summed E-state index contributed by atoms with van der Waals surface area (Å²) in [6, 6.07) is 48.0. The largest absolute Gasteiger partial charge is 0.494 e. The molecule has 0 saturated carbocycles. The Kier molecular flexibility index (Phi) is 21.9. The van der Waals surface area contributed by atoms with Crippen molar-refractivity contribution in [2.75, 3.05) is 13.2 Å². The molecule has 0 bridgehead atoms. The molecule has 0 spiro atoms. The minimum absolute atomic E-state index is 0.295. The van der Waals surface area contributed by atoms with E-state index in [2.05, 4.69) is 25.7 Å². The van der Waals surface area contributed by atoms with Gasteiger partial charge in [-0.25, -0.2) is 19.2 Å². The van der Waals surface area contributed by atoms with Crippen molar-refractivity contribution in [3.63, 3.8) is 0 Å². The number of carbonyl (C=O) groups is 4. The molecule has 0 saturated heterocycles. The van der Waals surface area contributed by atoms with E-state index in [-0.39, 0.29) is 0 Å². The predicted octanol–water partition coefficient (Wildman–Crippen LogP) is 15.9. The second kappa shape index (κ2) is 30.1. The summed E-state index contributed by atoms with van der Waals surface area (Å²) in [7, 11) is 0. The zero-order valence-electron chi connectivity index (χ0n) is 43.6. The molecule has 0 unspecified atom stereocenters. The third-order valence-corrected chi connectivity index (χ3v) is 12.5. The molecule has 0 aliphatic carbocycles. The first-order valence-corrected chi connectivity index (χ1v) is 26.6. The van der Waals surface area contributed by atoms with Crippen molar-refractivity contribution in [3.8, 4) is 57.5 Å². The van der Waals surface area contributed by atoms with Crippen LogP contribution in [-0.4, -0.2) is 37.1 Å². The number of esters is 4. The summed E-state index contributed by atoms with van der Waals surface area (Å²) in [5.74, 6) is 6.97. The molecule has 0 fully saturated rings. The molecule has 0 aliphatic heterocycles. The summed E-state index contributed by atoms with van der Waals surface area (Å²) in [5.41, 5.74) is 4.73. The Morgan fingerprint density at radius 3 is 1.01 bits per heavy atom. The zero-order valence-corrected chi connectivity index (χ0v) is 43.6. The van der Waals surface area contributed by atoms with E-state index in [9.17, 15) is 19.2 Å². The molecule has 0 N–H and O–H groups in total. The van der Waals surface area contributed by atoms with Gasteiger partial charge in [-0.15, -0.1) is 0 Å². The van der Waals surface area contributed by atoms with Crippen molar-refractivity contribution in [1.82, 2.24) is 0 Å². The molecule has 7 rings (SSSR count). The van der Waals surface area contributed by atoms with Gasteiger partial charge in [0.25, 0.3) is 0 Å². The third kappa shape index (κ3) is 18.2. The van der Waals surface area contributed by atoms with E-state index in [0.717, 1.165) is 47.9 Å². The van der Waals surface area contributed by atoms with Gasteiger partial charge in [0.1, 0.15) is 34.5 Å². The molecule has 0 aromatic heterocycles. The Hall–Kier alpha value is -8.42. The molecule has 10 nitrogen and oxygen atoms in total. The molecule has 7 aromatic carbocycles. The minimum atomic E-state index is -0.559. The maximum Gasteiger partial charge on any atom is 0.343 e. The first-order chi connectivity index (χ1) is 37.2. The van der Waals surface area contributed by atoms with Crippen molar-refractivity contribution >= 4 is 23.9 Å². The lowest BCUT2D eigenvalue weighted by atomic mass is 10.0. The molecule has 0 atom stereocenters. The van der Waals surface area contributed by atoms with Gasteiger partial charge in [-0.1, -0.05) is 127 Å². The summed E-state index contributed by atoms with van der Waals surface area (Å²) in [6.07, 6.45) is 17.0. The summed E-state index contributed by atoms with van der Waals surface area (Å²) in [4.78, 5) is 51.6. The van der Waals surface area contributed by atoms with E-state index in [4.69, 9.17) is 28.4 Å². The van der Waals surface area contributed by atoms with Crippen LogP contribution in [-0.2, 0) is 0 Å². The van der Waals surface area contributed by atoms with Crippen LogP contribution in [0.15, 0.2) is 170 Å². The molecule has 0 aliphatic rings. The van der Waals surface area contributed by atoms with E-state index in [1.165, 1.54) is 64.2 Å². The SMILES string of the molecule is CCCCCCCCCOc1ccc(C(=O)Oc2ccc(C(=O)Oc3ccc(C#Cc4cccc(-c5ccc(OC(=O)c6ccc(OC(=O)c7ccc(OCCCCCCCCC)cc7)cc6)cc5)c4)cc3)cc2)cc1. The topological polar surface area (TPSA) is 124 Å². The highest BCUT2D eigenvalue weighted by Gasteiger charge is 2.15. The second-order valence-electron chi connectivity index (χ2n) is 18.5. The van der Waals surface area contributed by atoms with Gasteiger partial charge in [-0.3, -0.25) is 0 Å². The number of hydrogen-bond acceptors (Lipinski definition) is 10. The summed E-state index contributed by atoms with van der Waals surface area (Å²) < 4.78 is 34.0. The molecular formula is C66H66O10. The van der Waals surface area contributed by atoms with Crippen molar-refractivity contribution < 1.29 is 47.6 Å². The monoisotopic (exact) mass is 1020 g/mol. The normalized spacial score (nSPS) is 10.7. The smallest absolute Gasteiger partial charge is 0.343 e. The summed E-state index contributed by atoms with van der Waals surface area (Å²) >= 11 is 0. The van der Waals surface area contributed by atoms with E-state index >= 15 is 0 Å². The van der Waals surface area contributed by atoms with Gasteiger partial charge in [0.05, 0.1) is 35.5 Å². The number of carbonyl (C=O) groups excluding carboxylic acids is 4. The van der Waals surface area contributed by atoms with Crippen molar-refractivity contribution in [3.05, 3.63) is 203 Å². The fraction of sp³-hybridized carbons (Fsp3) is 0.273. The number of hydrogen-bond donors (Lipinski definition) is 0. The van der Waals surface area contributed by atoms with Gasteiger partial charge in [0.15, 0.2) is 0 Å². The first kappa shape index (κ1) is 55.3. The van der Waals surface area contributed by atoms with Gasteiger partial charge in [-0.05, 0) is 170 Å². The average molecular weight is 1020 g/mol. The van der Waals surface area contributed by atoms with Gasteiger partial charge >= 0.3 is 23.9 Å². The molecule has 0 heterocycles. The Morgan fingerprint density at radius 2 is 0.632 bits per heavy atom. The Bertz CT molecular complexity index is 2990. The van der Waals surface area contributed by atoms with E-state index in [0.29, 0.717) is 70.0 Å². The average Bonchev–Trinajstić information content (AvgIpc) is 3.45. The molecule has 76 heavy (non-hydrogen) atoms. The van der Waals surface area contributed by atoms with Crippen molar-refractivity contribution in [2.45, 2.75) is 104 Å². The van der Waals surface area contributed by atoms with Crippen LogP contribution >= 0.6 is 0 Å². The van der Waals surface area contributed by atoms with Crippen LogP contribution in [0.2, 0.25) is 0 Å². The van der Waals surface area contributed by atoms with E-state index < -0.39 is 23.9 Å². The van der Waals surface area contributed by atoms with Gasteiger partial charge in [0, 0.05) is 11.1 Å². The molecule has 0 amide bonds. The predicted molar refractivity (Wildman–Crippen MR) is 297 cm³/mol. The highest BCUT2D eigenvalue weighted by molar-refractivity contribution is 5.94. The van der Waals surface area contributed by atoms with Gasteiger partial charge < -0.3 is 28.4 Å². The first-order valence-electron chi connectivity index (χ1n) is 26.6. The molecular weight excluding hydrogens is 953 g/mol. The third-order valence-electron chi connectivity index (χ3n) is 12.5. The lowest BCUT2D eigenvalue weighted by Gasteiger charge is -2.09. The quantitative estimate of drug-likeness (QED) is 0.0213. The molecule has 10 heteroatoms. The van der Waals surface area contributed by atoms with Crippen molar-refractivity contribution in [2.24, 2.45) is 0 Å². The van der Waals surface area contributed by atoms with E-state index in [1.807, 2.05) is 36.4 Å². The fourth-order valence-electron chi connectivity index (χ4n) is 8.10. The molecule has 390 valence electrons. The van der Waals surface area contributed by atoms with Crippen LogP contribution in [0.1, 0.15) is 156 Å². The standard InChI is InChI=1S/C66H66O10/c1-3-5-7-9-11-13-15-46-71-57-36-26-52(27-37-57)63(67)75-61-42-30-54(31-43-61)65(69)73-59-34-22-49(23-35-59)20-21-50-18-17-19-56(48-50)51-24-40-60(41-25-51)74-66(70)55-32-44-62(45-33-55)76-64(68)53-28-38-58(39-29-53)72-47-16-14-12-10-8-6-4-2/h17-19,22-45,48H,3-16,46-47H2,1-2H3. The summed E-state index contributed by atoms with van der Waals surface area (Å²) in [5, 5.41) is 0. The molecule has 0 radical (unpaired) electrons. The van der Waals surface area contributed by atoms with Crippen LogP contribution in [0.25, 0.3) is 11.1 Å².